The van der Waals surface area contributed by atoms with Crippen LogP contribution in [0.25, 0.3) is 5.65 Å². The lowest BCUT2D eigenvalue weighted by Gasteiger charge is -2.17. The second-order valence-corrected chi connectivity index (χ2v) is 7.99. The van der Waals surface area contributed by atoms with E-state index in [9.17, 15) is 21.6 Å². The van der Waals surface area contributed by atoms with Gasteiger partial charge in [-0.05, 0) is 12.5 Å². The average Bonchev–Trinajstić information content (AvgIpc) is 2.74. The van der Waals surface area contributed by atoms with Gasteiger partial charge in [-0.2, -0.15) is 13.2 Å². The Morgan fingerprint density at radius 3 is 2.27 bits per heavy atom. The lowest BCUT2D eigenvalue weighted by Crippen LogP contribution is -2.23. The molecule has 2 heterocycles. The standard InChI is InChI=1S/C14H17F3N2O2S/c1-5-10-12(13(2,3)4)18-11-8-9(6-7-19(10)11)22(20,21)14(15,16)17/h6-8H,5H2,1-4H3. The van der Waals surface area contributed by atoms with Crippen LogP contribution in [0.15, 0.2) is 23.2 Å². The Kier molecular flexibility index (Phi) is 3.80. The molecule has 0 radical (unpaired) electrons. The summed E-state index contributed by atoms with van der Waals surface area (Å²) in [5, 5.41) is 0. The molecule has 2 aromatic rings. The van der Waals surface area contributed by atoms with Crippen LogP contribution < -0.4 is 0 Å². The normalized spacial score (nSPS) is 13.8. The topological polar surface area (TPSA) is 51.4 Å². The van der Waals surface area contributed by atoms with E-state index in [-0.39, 0.29) is 11.1 Å². The summed E-state index contributed by atoms with van der Waals surface area (Å²) in [5.74, 6) is 0. The van der Waals surface area contributed by atoms with Gasteiger partial charge in [0.05, 0.1) is 10.6 Å². The summed E-state index contributed by atoms with van der Waals surface area (Å²) in [6.45, 7) is 7.75. The quantitative estimate of drug-likeness (QED) is 0.845. The molecule has 0 spiro atoms. The van der Waals surface area contributed by atoms with Crippen LogP contribution >= 0.6 is 0 Å². The van der Waals surface area contributed by atoms with Crippen molar-refractivity contribution in [3.63, 3.8) is 0 Å². The SMILES string of the molecule is CCc1c(C(C)(C)C)nc2cc(S(=O)(=O)C(F)(F)F)ccn12. The molecule has 122 valence electrons. The number of aryl methyl sites for hydroxylation is 1. The Bertz CT molecular complexity index is 815. The van der Waals surface area contributed by atoms with Gasteiger partial charge < -0.3 is 4.40 Å². The predicted octanol–water partition coefficient (Wildman–Crippen LogP) is 3.49. The highest BCUT2D eigenvalue weighted by Gasteiger charge is 2.47. The van der Waals surface area contributed by atoms with Gasteiger partial charge in [-0.1, -0.05) is 27.7 Å². The predicted molar refractivity (Wildman–Crippen MR) is 76.5 cm³/mol. The average molecular weight is 334 g/mol. The lowest BCUT2D eigenvalue weighted by atomic mass is 9.90. The molecule has 0 saturated heterocycles. The van der Waals surface area contributed by atoms with Crippen LogP contribution in [0.2, 0.25) is 0 Å². The molecular formula is C14H17F3N2O2S. The number of nitrogens with zero attached hydrogens (tertiary/aromatic N) is 2. The van der Waals surface area contributed by atoms with E-state index in [0.29, 0.717) is 6.42 Å². The first kappa shape index (κ1) is 16.8. The number of imidazole rings is 1. The number of aromatic nitrogens is 2. The van der Waals surface area contributed by atoms with Crippen molar-refractivity contribution >= 4 is 15.5 Å². The summed E-state index contributed by atoms with van der Waals surface area (Å²) in [7, 11) is -5.37. The van der Waals surface area contributed by atoms with Crippen LogP contribution in [-0.2, 0) is 21.7 Å². The van der Waals surface area contributed by atoms with E-state index in [2.05, 4.69) is 4.98 Å². The summed E-state index contributed by atoms with van der Waals surface area (Å²) in [5.41, 5.74) is -3.80. The van der Waals surface area contributed by atoms with Crippen molar-refractivity contribution in [1.29, 1.82) is 0 Å². The molecule has 0 N–H and O–H groups in total. The van der Waals surface area contributed by atoms with Gasteiger partial charge >= 0.3 is 5.51 Å². The van der Waals surface area contributed by atoms with Crippen LogP contribution in [-0.4, -0.2) is 23.3 Å². The molecule has 0 amide bonds. The zero-order chi connectivity index (χ0) is 16.9. The van der Waals surface area contributed by atoms with Gasteiger partial charge in [0.15, 0.2) is 0 Å². The number of hydrogen-bond donors (Lipinski definition) is 0. The second kappa shape index (κ2) is 4.97. The number of hydrogen-bond acceptors (Lipinski definition) is 3. The zero-order valence-corrected chi connectivity index (χ0v) is 13.5. The summed E-state index contributed by atoms with van der Waals surface area (Å²) in [4.78, 5) is 3.55. The summed E-state index contributed by atoms with van der Waals surface area (Å²) in [6, 6.07) is 1.93. The fraction of sp³-hybridized carbons (Fsp3) is 0.500. The Balaban J connectivity index is 2.73. The molecule has 0 aliphatic heterocycles. The number of sulfone groups is 1. The molecule has 0 bridgehead atoms. The fourth-order valence-electron chi connectivity index (χ4n) is 2.32. The molecule has 22 heavy (non-hydrogen) atoms. The van der Waals surface area contributed by atoms with Gasteiger partial charge in [-0.25, -0.2) is 13.4 Å². The molecule has 2 rings (SSSR count). The Morgan fingerprint density at radius 2 is 1.82 bits per heavy atom. The van der Waals surface area contributed by atoms with Crippen molar-refractivity contribution < 1.29 is 21.6 Å². The van der Waals surface area contributed by atoms with Crippen LogP contribution in [0.4, 0.5) is 13.2 Å². The maximum Gasteiger partial charge on any atom is 0.501 e. The van der Waals surface area contributed by atoms with E-state index >= 15 is 0 Å². The molecule has 0 aromatic carbocycles. The van der Waals surface area contributed by atoms with Crippen molar-refractivity contribution in [2.45, 2.75) is 49.9 Å². The summed E-state index contributed by atoms with van der Waals surface area (Å²) >= 11 is 0. The van der Waals surface area contributed by atoms with Crippen molar-refractivity contribution in [1.82, 2.24) is 9.38 Å². The maximum absolute atomic E-state index is 12.6. The maximum atomic E-state index is 12.6. The molecule has 4 nitrogen and oxygen atoms in total. The van der Waals surface area contributed by atoms with E-state index in [1.54, 1.807) is 4.40 Å². The minimum absolute atomic E-state index is 0.201. The Morgan fingerprint density at radius 1 is 1.23 bits per heavy atom. The lowest BCUT2D eigenvalue weighted by molar-refractivity contribution is -0.0435. The van der Waals surface area contributed by atoms with Gasteiger partial charge in [-0.3, -0.25) is 0 Å². The molecule has 2 aromatic heterocycles. The molecule has 0 aliphatic carbocycles. The minimum Gasteiger partial charge on any atom is -0.304 e. The van der Waals surface area contributed by atoms with E-state index in [4.69, 9.17) is 0 Å². The Labute approximate surface area is 126 Å². The largest absolute Gasteiger partial charge is 0.501 e. The minimum atomic E-state index is -5.37. The van der Waals surface area contributed by atoms with Crippen LogP contribution in [0, 0.1) is 0 Å². The van der Waals surface area contributed by atoms with Gasteiger partial charge in [0, 0.05) is 23.4 Å². The highest BCUT2D eigenvalue weighted by atomic mass is 32.2. The number of pyridine rings is 1. The van der Waals surface area contributed by atoms with E-state index in [1.165, 1.54) is 6.20 Å². The first-order valence-corrected chi connectivity index (χ1v) is 8.20. The van der Waals surface area contributed by atoms with Crippen LogP contribution in [0.5, 0.6) is 0 Å². The van der Waals surface area contributed by atoms with E-state index in [1.807, 2.05) is 27.7 Å². The first-order valence-electron chi connectivity index (χ1n) is 6.72. The highest BCUT2D eigenvalue weighted by Crippen LogP contribution is 2.32. The fourth-order valence-corrected chi connectivity index (χ4v) is 3.08. The summed E-state index contributed by atoms with van der Waals surface area (Å²) in [6.07, 6.45) is 1.97. The van der Waals surface area contributed by atoms with Crippen LogP contribution in [0.3, 0.4) is 0 Å². The van der Waals surface area contributed by atoms with Gasteiger partial charge in [0.25, 0.3) is 9.84 Å². The van der Waals surface area contributed by atoms with Gasteiger partial charge in [-0.15, -0.1) is 0 Å². The third kappa shape index (κ3) is 2.60. The smallest absolute Gasteiger partial charge is 0.304 e. The van der Waals surface area contributed by atoms with Crippen molar-refractivity contribution in [2.24, 2.45) is 0 Å². The molecule has 0 unspecified atom stereocenters. The molecule has 0 atom stereocenters. The molecule has 0 aliphatic rings. The number of halogens is 3. The second-order valence-electron chi connectivity index (χ2n) is 6.05. The van der Waals surface area contributed by atoms with Gasteiger partial charge in [0.2, 0.25) is 0 Å². The number of rotatable bonds is 2. The molecule has 8 heteroatoms. The molecular weight excluding hydrogens is 317 g/mol. The van der Waals surface area contributed by atoms with E-state index in [0.717, 1.165) is 23.5 Å². The van der Waals surface area contributed by atoms with Crippen molar-refractivity contribution in [3.8, 4) is 0 Å². The third-order valence-corrected chi connectivity index (χ3v) is 4.84. The highest BCUT2D eigenvalue weighted by molar-refractivity contribution is 7.92. The van der Waals surface area contributed by atoms with Crippen molar-refractivity contribution in [3.05, 3.63) is 29.7 Å². The molecule has 0 saturated carbocycles. The van der Waals surface area contributed by atoms with Gasteiger partial charge in [0.1, 0.15) is 5.65 Å². The monoisotopic (exact) mass is 334 g/mol. The summed E-state index contributed by atoms with van der Waals surface area (Å²) < 4.78 is 62.6. The number of fused-ring (bicyclic) bond motifs is 1. The van der Waals surface area contributed by atoms with Crippen LogP contribution in [0.1, 0.15) is 39.1 Å². The third-order valence-electron chi connectivity index (χ3n) is 3.36. The van der Waals surface area contributed by atoms with E-state index < -0.39 is 20.2 Å². The van der Waals surface area contributed by atoms with Crippen molar-refractivity contribution in [2.75, 3.05) is 0 Å². The Hall–Kier alpha value is -1.57. The molecule has 0 fully saturated rings. The number of alkyl halides is 3. The first-order chi connectivity index (χ1) is 9.89. The zero-order valence-electron chi connectivity index (χ0n) is 12.7.